The number of rotatable bonds is 7. The first-order valence-corrected chi connectivity index (χ1v) is 7.53. The molecule has 1 aromatic rings. The van der Waals surface area contributed by atoms with Gasteiger partial charge in [0.2, 0.25) is 5.91 Å². The van der Waals surface area contributed by atoms with Crippen LogP contribution in [-0.4, -0.2) is 68.5 Å². The van der Waals surface area contributed by atoms with Gasteiger partial charge in [0.1, 0.15) is 12.3 Å². The monoisotopic (exact) mass is 365 g/mol. The number of amides is 5. The van der Waals surface area contributed by atoms with Gasteiger partial charge < -0.3 is 19.5 Å². The molecule has 1 N–H and O–H groups in total. The van der Waals surface area contributed by atoms with Crippen LogP contribution >= 0.6 is 0 Å². The fourth-order valence-corrected chi connectivity index (χ4v) is 2.38. The highest BCUT2D eigenvalue weighted by molar-refractivity contribution is 6.44. The Morgan fingerprint density at radius 2 is 1.54 bits per heavy atom. The standard InChI is InChI=1S/C16H19N3O7/c1-18-14(21)15(22)19(16(18)23)8-13(20)17-7-9-5-11(25-3)12(26-4)6-10(9)24-2/h5-6H,7-8H2,1-4H3,(H,17,20). The largest absolute Gasteiger partial charge is 0.496 e. The highest BCUT2D eigenvalue weighted by atomic mass is 16.5. The molecular weight excluding hydrogens is 346 g/mol. The molecule has 1 aliphatic heterocycles. The van der Waals surface area contributed by atoms with Crippen molar-refractivity contribution in [1.29, 1.82) is 0 Å². The summed E-state index contributed by atoms with van der Waals surface area (Å²) in [6.07, 6.45) is 0. The molecular formula is C16H19N3O7. The maximum atomic E-state index is 12.1. The van der Waals surface area contributed by atoms with E-state index in [0.717, 1.165) is 0 Å². The Balaban J connectivity index is 2.07. The van der Waals surface area contributed by atoms with Crippen molar-refractivity contribution in [3.05, 3.63) is 17.7 Å². The number of benzene rings is 1. The number of nitrogens with zero attached hydrogens (tertiary/aromatic N) is 2. The molecule has 1 aliphatic rings. The molecule has 5 amide bonds. The summed E-state index contributed by atoms with van der Waals surface area (Å²) in [5.74, 6) is -1.22. The van der Waals surface area contributed by atoms with Gasteiger partial charge in [-0.05, 0) is 6.07 Å². The van der Waals surface area contributed by atoms with Crippen molar-refractivity contribution in [2.45, 2.75) is 6.54 Å². The Morgan fingerprint density at radius 3 is 2.04 bits per heavy atom. The van der Waals surface area contributed by atoms with E-state index in [1.54, 1.807) is 12.1 Å². The van der Waals surface area contributed by atoms with Crippen LogP contribution in [0, 0.1) is 0 Å². The van der Waals surface area contributed by atoms with E-state index in [4.69, 9.17) is 14.2 Å². The normalized spacial score (nSPS) is 13.9. The van der Waals surface area contributed by atoms with Gasteiger partial charge in [0.25, 0.3) is 0 Å². The molecule has 1 saturated heterocycles. The summed E-state index contributed by atoms with van der Waals surface area (Å²) in [5.41, 5.74) is 0.603. The number of nitrogens with one attached hydrogen (secondary N) is 1. The molecule has 0 aliphatic carbocycles. The summed E-state index contributed by atoms with van der Waals surface area (Å²) < 4.78 is 15.6. The lowest BCUT2D eigenvalue weighted by molar-refractivity contribution is -0.143. The molecule has 1 fully saturated rings. The third-order valence-electron chi connectivity index (χ3n) is 3.81. The van der Waals surface area contributed by atoms with E-state index >= 15 is 0 Å². The molecule has 2 rings (SSSR count). The van der Waals surface area contributed by atoms with Crippen LogP contribution in [-0.2, 0) is 20.9 Å². The highest BCUT2D eigenvalue weighted by Gasteiger charge is 2.42. The van der Waals surface area contributed by atoms with Crippen LogP contribution in [0.4, 0.5) is 4.79 Å². The van der Waals surface area contributed by atoms with Gasteiger partial charge in [0.05, 0.1) is 21.3 Å². The third-order valence-corrected chi connectivity index (χ3v) is 3.81. The van der Waals surface area contributed by atoms with Crippen LogP contribution < -0.4 is 19.5 Å². The minimum Gasteiger partial charge on any atom is -0.496 e. The number of carbonyl (C=O) groups excluding carboxylic acids is 4. The van der Waals surface area contributed by atoms with Gasteiger partial charge in [0, 0.05) is 25.2 Å². The van der Waals surface area contributed by atoms with Crippen molar-refractivity contribution in [1.82, 2.24) is 15.1 Å². The van der Waals surface area contributed by atoms with Gasteiger partial charge in [-0.15, -0.1) is 0 Å². The second-order valence-corrected chi connectivity index (χ2v) is 5.33. The zero-order valence-electron chi connectivity index (χ0n) is 14.8. The van der Waals surface area contributed by atoms with Crippen LogP contribution in [0.5, 0.6) is 17.2 Å². The maximum absolute atomic E-state index is 12.1. The molecule has 10 nitrogen and oxygen atoms in total. The lowest BCUT2D eigenvalue weighted by atomic mass is 10.1. The number of ether oxygens (including phenoxy) is 3. The number of hydrogen-bond donors (Lipinski definition) is 1. The van der Waals surface area contributed by atoms with Crippen molar-refractivity contribution in [2.75, 3.05) is 34.9 Å². The molecule has 0 atom stereocenters. The number of hydrogen-bond acceptors (Lipinski definition) is 7. The van der Waals surface area contributed by atoms with Gasteiger partial charge in [-0.2, -0.15) is 0 Å². The smallest absolute Gasteiger partial charge is 0.334 e. The number of urea groups is 1. The molecule has 26 heavy (non-hydrogen) atoms. The fourth-order valence-electron chi connectivity index (χ4n) is 2.38. The Kier molecular flexibility index (Phi) is 5.65. The fraction of sp³-hybridized carbons (Fsp3) is 0.375. The summed E-state index contributed by atoms with van der Waals surface area (Å²) in [6.45, 7) is -0.494. The number of carbonyl (C=O) groups is 4. The van der Waals surface area contributed by atoms with Crippen LogP contribution in [0.2, 0.25) is 0 Å². The minimum absolute atomic E-state index is 0.0579. The van der Waals surface area contributed by atoms with Crippen LogP contribution in [0.25, 0.3) is 0 Å². The van der Waals surface area contributed by atoms with Crippen LogP contribution in [0.3, 0.4) is 0 Å². The first-order valence-electron chi connectivity index (χ1n) is 7.53. The molecule has 1 aromatic carbocycles. The lowest BCUT2D eigenvalue weighted by Gasteiger charge is -2.16. The zero-order chi connectivity index (χ0) is 19.4. The van der Waals surface area contributed by atoms with E-state index in [-0.39, 0.29) is 6.54 Å². The Morgan fingerprint density at radius 1 is 0.962 bits per heavy atom. The topological polar surface area (TPSA) is 114 Å². The van der Waals surface area contributed by atoms with Crippen molar-refractivity contribution >= 4 is 23.8 Å². The summed E-state index contributed by atoms with van der Waals surface area (Å²) >= 11 is 0. The van der Waals surface area contributed by atoms with Gasteiger partial charge in [0.15, 0.2) is 11.5 Å². The average molecular weight is 365 g/mol. The summed E-state index contributed by atoms with van der Waals surface area (Å²) in [4.78, 5) is 48.2. The first-order chi connectivity index (χ1) is 12.3. The predicted octanol–water partition coefficient (Wildman–Crippen LogP) is -0.251. The molecule has 1 heterocycles. The number of likely N-dealkylation sites (N-methyl/N-ethyl adjacent to an activating group) is 1. The predicted molar refractivity (Wildman–Crippen MR) is 87.8 cm³/mol. The van der Waals surface area contributed by atoms with E-state index in [9.17, 15) is 19.2 Å². The summed E-state index contributed by atoms with van der Waals surface area (Å²) in [6, 6.07) is 2.42. The van der Waals surface area contributed by atoms with Crippen LogP contribution in [0.1, 0.15) is 5.56 Å². The minimum atomic E-state index is -1.03. The van der Waals surface area contributed by atoms with Gasteiger partial charge in [-0.1, -0.05) is 0 Å². The SMILES string of the molecule is COc1cc(OC)c(OC)cc1CNC(=O)CN1C(=O)C(=O)N(C)C1=O. The van der Waals surface area contributed by atoms with E-state index in [0.29, 0.717) is 32.6 Å². The first kappa shape index (κ1) is 19.0. The van der Waals surface area contributed by atoms with Crippen molar-refractivity contribution in [2.24, 2.45) is 0 Å². The zero-order valence-corrected chi connectivity index (χ0v) is 14.8. The molecule has 10 heteroatoms. The lowest BCUT2D eigenvalue weighted by Crippen LogP contribution is -2.40. The maximum Gasteiger partial charge on any atom is 0.334 e. The Bertz CT molecular complexity index is 762. The van der Waals surface area contributed by atoms with Crippen molar-refractivity contribution in [3.63, 3.8) is 0 Å². The average Bonchev–Trinajstić information content (AvgIpc) is 2.83. The van der Waals surface area contributed by atoms with E-state index in [1.807, 2.05) is 0 Å². The summed E-state index contributed by atoms with van der Waals surface area (Å²) in [7, 11) is 5.61. The van der Waals surface area contributed by atoms with Crippen molar-refractivity contribution in [3.8, 4) is 17.2 Å². The number of methoxy groups -OCH3 is 3. The van der Waals surface area contributed by atoms with Gasteiger partial charge >= 0.3 is 17.8 Å². The third kappa shape index (κ3) is 3.53. The number of imide groups is 2. The second-order valence-electron chi connectivity index (χ2n) is 5.33. The molecule has 0 saturated carbocycles. The molecule has 0 bridgehead atoms. The summed E-state index contributed by atoms with van der Waals surface area (Å²) in [5, 5.41) is 2.57. The van der Waals surface area contributed by atoms with Gasteiger partial charge in [-0.25, -0.2) is 9.69 Å². The van der Waals surface area contributed by atoms with Crippen LogP contribution in [0.15, 0.2) is 12.1 Å². The highest BCUT2D eigenvalue weighted by Crippen LogP contribution is 2.34. The van der Waals surface area contributed by atoms with Gasteiger partial charge in [-0.3, -0.25) is 19.3 Å². The molecule has 140 valence electrons. The molecule has 0 spiro atoms. The Labute approximate surface area is 149 Å². The second kappa shape index (κ2) is 7.72. The Hall–Kier alpha value is -3.30. The van der Waals surface area contributed by atoms with Crippen molar-refractivity contribution < 1.29 is 33.4 Å². The van der Waals surface area contributed by atoms with E-state index in [1.165, 1.54) is 28.4 Å². The molecule has 0 radical (unpaired) electrons. The molecule has 0 aromatic heterocycles. The molecule has 0 unspecified atom stereocenters. The van der Waals surface area contributed by atoms with E-state index < -0.39 is 30.3 Å². The van der Waals surface area contributed by atoms with E-state index in [2.05, 4.69) is 5.32 Å². The quantitative estimate of drug-likeness (QED) is 0.523.